The maximum absolute atomic E-state index is 6.15. The molecule has 0 amide bonds. The van der Waals surface area contributed by atoms with Gasteiger partial charge in [0, 0.05) is 20.9 Å². The van der Waals surface area contributed by atoms with Gasteiger partial charge in [-0.25, -0.2) is 0 Å². The number of rotatable bonds is 3. The number of thiophene rings is 1. The predicted octanol–water partition coefficient (Wildman–Crippen LogP) is 6.39. The van der Waals surface area contributed by atoms with Crippen LogP contribution in [0.4, 0.5) is 5.69 Å². The number of hydrogen-bond acceptors (Lipinski definition) is 2. The molecule has 1 heterocycles. The first-order valence-electron chi connectivity index (χ1n) is 5.10. The van der Waals surface area contributed by atoms with Crippen molar-refractivity contribution >= 4 is 67.8 Å². The van der Waals surface area contributed by atoms with Gasteiger partial charge in [-0.15, -0.1) is 11.3 Å². The highest BCUT2D eigenvalue weighted by atomic mass is 79.9. The van der Waals surface area contributed by atoms with E-state index in [0.717, 1.165) is 24.9 Å². The van der Waals surface area contributed by atoms with E-state index in [0.29, 0.717) is 16.6 Å². The van der Waals surface area contributed by atoms with Gasteiger partial charge in [0.1, 0.15) is 4.34 Å². The molecule has 1 nitrogen and oxygen atoms in total. The Kier molecular flexibility index (Phi) is 4.84. The minimum absolute atomic E-state index is 0.662. The monoisotopic (exact) mass is 383 g/mol. The van der Waals surface area contributed by atoms with Crippen LogP contribution in [0.3, 0.4) is 0 Å². The fourth-order valence-corrected chi connectivity index (χ4v) is 3.62. The van der Waals surface area contributed by atoms with Crippen LogP contribution in [-0.4, -0.2) is 0 Å². The Hall–Kier alpha value is 0.0700. The third-order valence-corrected chi connectivity index (χ3v) is 5.59. The summed E-state index contributed by atoms with van der Waals surface area (Å²) < 4.78 is 1.67. The molecule has 0 saturated carbocycles. The molecule has 2 aromatic rings. The van der Waals surface area contributed by atoms with E-state index in [1.54, 1.807) is 0 Å². The van der Waals surface area contributed by atoms with Gasteiger partial charge in [0.15, 0.2) is 0 Å². The van der Waals surface area contributed by atoms with Crippen molar-refractivity contribution < 1.29 is 0 Å². The molecule has 0 aliphatic heterocycles. The van der Waals surface area contributed by atoms with E-state index in [-0.39, 0.29) is 0 Å². The van der Waals surface area contributed by atoms with E-state index >= 15 is 0 Å². The molecule has 0 saturated heterocycles. The lowest BCUT2D eigenvalue weighted by Crippen LogP contribution is -1.98. The van der Waals surface area contributed by atoms with Gasteiger partial charge in [-0.05, 0) is 46.6 Å². The van der Waals surface area contributed by atoms with Crippen molar-refractivity contribution in [2.45, 2.75) is 13.5 Å². The zero-order chi connectivity index (χ0) is 13.3. The lowest BCUT2D eigenvalue weighted by Gasteiger charge is -2.09. The van der Waals surface area contributed by atoms with Crippen molar-refractivity contribution in [3.05, 3.63) is 47.5 Å². The average Bonchev–Trinajstić information content (AvgIpc) is 2.62. The van der Waals surface area contributed by atoms with Gasteiger partial charge in [-0.2, -0.15) is 0 Å². The van der Waals surface area contributed by atoms with E-state index in [2.05, 4.69) is 21.2 Å². The quantitative estimate of drug-likeness (QED) is 0.645. The second-order valence-corrected chi connectivity index (χ2v) is 7.18. The molecule has 1 aromatic heterocycles. The van der Waals surface area contributed by atoms with Gasteiger partial charge < -0.3 is 5.32 Å². The van der Waals surface area contributed by atoms with Crippen molar-refractivity contribution in [3.63, 3.8) is 0 Å². The maximum atomic E-state index is 6.15. The molecule has 0 bridgehead atoms. The summed E-state index contributed by atoms with van der Waals surface area (Å²) in [7, 11) is 0. The van der Waals surface area contributed by atoms with Gasteiger partial charge in [-0.1, -0.05) is 34.8 Å². The van der Waals surface area contributed by atoms with Crippen molar-refractivity contribution in [1.29, 1.82) is 0 Å². The molecule has 6 heteroatoms. The van der Waals surface area contributed by atoms with Gasteiger partial charge >= 0.3 is 0 Å². The Morgan fingerprint density at radius 2 is 1.89 bits per heavy atom. The zero-order valence-electron chi connectivity index (χ0n) is 9.36. The van der Waals surface area contributed by atoms with Crippen molar-refractivity contribution in [2.75, 3.05) is 5.32 Å². The zero-order valence-corrected chi connectivity index (χ0v) is 14.0. The molecule has 0 aliphatic rings. The third kappa shape index (κ3) is 3.34. The van der Waals surface area contributed by atoms with Crippen LogP contribution in [0.25, 0.3) is 0 Å². The molecular weight excluding hydrogens is 376 g/mol. The van der Waals surface area contributed by atoms with E-state index in [9.17, 15) is 0 Å². The lowest BCUT2D eigenvalue weighted by molar-refractivity contribution is 1.19. The second-order valence-electron chi connectivity index (χ2n) is 3.77. The minimum atomic E-state index is 0.662. The smallest absolute Gasteiger partial charge is 0.107 e. The number of nitrogens with one attached hydrogen (secondary N) is 1. The molecule has 0 aliphatic carbocycles. The Bertz CT molecular complexity index is 563. The molecule has 0 fully saturated rings. The molecule has 1 N–H and O–H groups in total. The highest BCUT2D eigenvalue weighted by Crippen LogP contribution is 2.33. The standard InChI is InChI=1S/C12H9BrCl3NS/c1-6-2-10(15)11(4-9(6)14)17-5-7-3-8(13)12(16)18-7/h2-4,17H,5H2,1H3. The van der Waals surface area contributed by atoms with E-state index in [4.69, 9.17) is 34.8 Å². The summed E-state index contributed by atoms with van der Waals surface area (Å²) in [6, 6.07) is 5.68. The first-order valence-corrected chi connectivity index (χ1v) is 7.85. The molecular formula is C12H9BrCl3NS. The molecule has 0 spiro atoms. The normalized spacial score (nSPS) is 10.7. The highest BCUT2D eigenvalue weighted by molar-refractivity contribution is 9.10. The Morgan fingerprint density at radius 1 is 1.17 bits per heavy atom. The van der Waals surface area contributed by atoms with Crippen LogP contribution in [0.5, 0.6) is 0 Å². The van der Waals surface area contributed by atoms with Crippen LogP contribution in [0, 0.1) is 6.92 Å². The summed E-state index contributed by atoms with van der Waals surface area (Å²) in [4.78, 5) is 1.12. The average molecular weight is 386 g/mol. The van der Waals surface area contributed by atoms with E-state index in [1.807, 2.05) is 25.1 Å². The molecule has 0 radical (unpaired) electrons. The third-order valence-electron chi connectivity index (χ3n) is 2.40. The van der Waals surface area contributed by atoms with Crippen molar-refractivity contribution in [1.82, 2.24) is 0 Å². The molecule has 18 heavy (non-hydrogen) atoms. The predicted molar refractivity (Wildman–Crippen MR) is 85.6 cm³/mol. The van der Waals surface area contributed by atoms with Crippen LogP contribution < -0.4 is 5.32 Å². The number of benzene rings is 1. The fourth-order valence-electron chi connectivity index (χ4n) is 1.44. The SMILES string of the molecule is Cc1cc(Cl)c(NCc2cc(Br)c(Cl)s2)cc1Cl. The number of halogens is 4. The number of anilines is 1. The molecule has 1 aromatic carbocycles. The lowest BCUT2D eigenvalue weighted by atomic mass is 10.2. The topological polar surface area (TPSA) is 12.0 Å². The summed E-state index contributed by atoms with van der Waals surface area (Å²) >= 11 is 23.1. The summed E-state index contributed by atoms with van der Waals surface area (Å²) in [5.41, 5.74) is 1.79. The van der Waals surface area contributed by atoms with Crippen molar-refractivity contribution in [2.24, 2.45) is 0 Å². The van der Waals surface area contributed by atoms with Crippen LogP contribution in [0.1, 0.15) is 10.4 Å². The molecule has 0 unspecified atom stereocenters. The van der Waals surface area contributed by atoms with Crippen LogP contribution in [0.15, 0.2) is 22.7 Å². The Balaban J connectivity index is 2.13. The first-order chi connectivity index (χ1) is 8.47. The van der Waals surface area contributed by atoms with Crippen LogP contribution >= 0.6 is 62.1 Å². The fraction of sp³-hybridized carbons (Fsp3) is 0.167. The number of aryl methyl sites for hydroxylation is 1. The number of hydrogen-bond donors (Lipinski definition) is 1. The first kappa shape index (κ1) is 14.5. The van der Waals surface area contributed by atoms with Crippen molar-refractivity contribution in [3.8, 4) is 0 Å². The maximum Gasteiger partial charge on any atom is 0.107 e. The molecule has 0 atom stereocenters. The summed E-state index contributed by atoms with van der Waals surface area (Å²) in [5, 5.41) is 4.62. The van der Waals surface area contributed by atoms with Gasteiger partial charge in [0.25, 0.3) is 0 Å². The summed E-state index contributed by atoms with van der Waals surface area (Å²) in [6.45, 7) is 2.59. The van der Waals surface area contributed by atoms with Gasteiger partial charge in [-0.3, -0.25) is 0 Å². The Labute approximate surface area is 133 Å². The van der Waals surface area contributed by atoms with Crippen LogP contribution in [-0.2, 0) is 6.54 Å². The minimum Gasteiger partial charge on any atom is -0.379 e. The summed E-state index contributed by atoms with van der Waals surface area (Å²) in [6.07, 6.45) is 0. The van der Waals surface area contributed by atoms with Gasteiger partial charge in [0.05, 0.1) is 10.7 Å². The van der Waals surface area contributed by atoms with Gasteiger partial charge in [0.2, 0.25) is 0 Å². The molecule has 96 valence electrons. The summed E-state index contributed by atoms with van der Waals surface area (Å²) in [5.74, 6) is 0. The molecule has 2 rings (SSSR count). The largest absolute Gasteiger partial charge is 0.379 e. The Morgan fingerprint density at radius 3 is 2.50 bits per heavy atom. The van der Waals surface area contributed by atoms with Crippen LogP contribution in [0.2, 0.25) is 14.4 Å². The second kappa shape index (κ2) is 6.02. The van der Waals surface area contributed by atoms with E-state index < -0.39 is 0 Å². The van der Waals surface area contributed by atoms with E-state index in [1.165, 1.54) is 11.3 Å². The highest BCUT2D eigenvalue weighted by Gasteiger charge is 2.07.